The summed E-state index contributed by atoms with van der Waals surface area (Å²) in [7, 11) is 1.29. The minimum Gasteiger partial charge on any atom is -0.466 e. The van der Waals surface area contributed by atoms with Gasteiger partial charge in [-0.3, -0.25) is 4.79 Å². The van der Waals surface area contributed by atoms with Crippen molar-refractivity contribution in [2.24, 2.45) is 0 Å². The average molecular weight is 202 g/mol. The van der Waals surface area contributed by atoms with Gasteiger partial charge >= 0.3 is 11.9 Å². The van der Waals surface area contributed by atoms with Crippen molar-refractivity contribution in [3.8, 4) is 0 Å². The second-order valence-electron chi connectivity index (χ2n) is 3.12. The Kier molecular flexibility index (Phi) is 6.80. The van der Waals surface area contributed by atoms with Crippen LogP contribution < -0.4 is 0 Å². The molecular formula is C10H18O4. The molecule has 0 heterocycles. The lowest BCUT2D eigenvalue weighted by molar-refractivity contribution is -0.165. The molecule has 14 heavy (non-hydrogen) atoms. The minimum atomic E-state index is -0.732. The molecule has 0 N–H and O–H groups in total. The van der Waals surface area contributed by atoms with Crippen molar-refractivity contribution in [2.45, 2.75) is 45.6 Å². The molecular weight excluding hydrogens is 184 g/mol. The van der Waals surface area contributed by atoms with Crippen molar-refractivity contribution in [2.75, 3.05) is 7.11 Å². The van der Waals surface area contributed by atoms with Crippen LogP contribution in [0.25, 0.3) is 0 Å². The largest absolute Gasteiger partial charge is 0.466 e. The molecule has 4 heteroatoms. The maximum atomic E-state index is 11.1. The van der Waals surface area contributed by atoms with E-state index >= 15 is 0 Å². The van der Waals surface area contributed by atoms with E-state index in [9.17, 15) is 9.59 Å². The summed E-state index contributed by atoms with van der Waals surface area (Å²) in [6.45, 7) is 3.36. The van der Waals surface area contributed by atoms with Crippen molar-refractivity contribution in [1.29, 1.82) is 0 Å². The van der Waals surface area contributed by atoms with E-state index in [1.807, 2.05) is 0 Å². The van der Waals surface area contributed by atoms with Gasteiger partial charge in [-0.05, 0) is 12.8 Å². The SMILES string of the molecule is CCCCCC(OC(C)=O)C(=O)OC. The molecule has 0 aliphatic heterocycles. The molecule has 0 aromatic rings. The number of ether oxygens (including phenoxy) is 2. The van der Waals surface area contributed by atoms with E-state index in [-0.39, 0.29) is 0 Å². The van der Waals surface area contributed by atoms with Crippen LogP contribution in [0.2, 0.25) is 0 Å². The lowest BCUT2D eigenvalue weighted by Gasteiger charge is -2.13. The highest BCUT2D eigenvalue weighted by Crippen LogP contribution is 2.08. The number of hydrogen-bond acceptors (Lipinski definition) is 4. The van der Waals surface area contributed by atoms with E-state index < -0.39 is 18.0 Å². The summed E-state index contributed by atoms with van der Waals surface area (Å²) in [5.41, 5.74) is 0. The number of unbranched alkanes of at least 4 members (excludes halogenated alkanes) is 2. The predicted octanol–water partition coefficient (Wildman–Crippen LogP) is 1.67. The van der Waals surface area contributed by atoms with E-state index in [0.29, 0.717) is 6.42 Å². The van der Waals surface area contributed by atoms with Crippen LogP contribution in [0.3, 0.4) is 0 Å². The summed E-state index contributed by atoms with van der Waals surface area (Å²) in [4.78, 5) is 21.8. The van der Waals surface area contributed by atoms with Gasteiger partial charge in [-0.25, -0.2) is 4.79 Å². The maximum Gasteiger partial charge on any atom is 0.347 e. The summed E-state index contributed by atoms with van der Waals surface area (Å²) < 4.78 is 9.36. The second-order valence-corrected chi connectivity index (χ2v) is 3.12. The van der Waals surface area contributed by atoms with Gasteiger partial charge in [0.15, 0.2) is 6.10 Å². The van der Waals surface area contributed by atoms with Gasteiger partial charge in [-0.2, -0.15) is 0 Å². The second kappa shape index (κ2) is 7.35. The predicted molar refractivity (Wildman–Crippen MR) is 51.7 cm³/mol. The molecule has 0 fully saturated rings. The number of hydrogen-bond donors (Lipinski definition) is 0. The molecule has 0 aliphatic carbocycles. The Hall–Kier alpha value is -1.06. The summed E-state index contributed by atoms with van der Waals surface area (Å²) in [6.07, 6.45) is 2.76. The fourth-order valence-electron chi connectivity index (χ4n) is 1.14. The number of rotatable bonds is 6. The molecule has 0 saturated carbocycles. The van der Waals surface area contributed by atoms with Crippen LogP contribution in [0.1, 0.15) is 39.5 Å². The molecule has 0 rings (SSSR count). The van der Waals surface area contributed by atoms with E-state index in [0.717, 1.165) is 19.3 Å². The van der Waals surface area contributed by atoms with E-state index in [4.69, 9.17) is 4.74 Å². The third kappa shape index (κ3) is 5.56. The van der Waals surface area contributed by atoms with Gasteiger partial charge in [0.2, 0.25) is 0 Å². The lowest BCUT2D eigenvalue weighted by Crippen LogP contribution is -2.27. The first-order chi connectivity index (χ1) is 6.61. The first-order valence-corrected chi connectivity index (χ1v) is 4.86. The highest BCUT2D eigenvalue weighted by atomic mass is 16.6. The Balaban J connectivity index is 3.97. The van der Waals surface area contributed by atoms with Crippen LogP contribution in [0.15, 0.2) is 0 Å². The number of esters is 2. The van der Waals surface area contributed by atoms with Crippen LogP contribution in [0.5, 0.6) is 0 Å². The van der Waals surface area contributed by atoms with Crippen LogP contribution in [0.4, 0.5) is 0 Å². The molecule has 0 saturated heterocycles. The zero-order valence-corrected chi connectivity index (χ0v) is 9.04. The van der Waals surface area contributed by atoms with Gasteiger partial charge in [0.25, 0.3) is 0 Å². The summed E-state index contributed by atoms with van der Waals surface area (Å²) >= 11 is 0. The third-order valence-electron chi connectivity index (χ3n) is 1.84. The van der Waals surface area contributed by atoms with Crippen molar-refractivity contribution >= 4 is 11.9 Å². The Morgan fingerprint density at radius 3 is 2.36 bits per heavy atom. The first kappa shape index (κ1) is 12.9. The van der Waals surface area contributed by atoms with Gasteiger partial charge < -0.3 is 9.47 Å². The number of carbonyl (C=O) groups excluding carboxylic acids is 2. The Morgan fingerprint density at radius 1 is 1.29 bits per heavy atom. The lowest BCUT2D eigenvalue weighted by atomic mass is 10.1. The van der Waals surface area contributed by atoms with Gasteiger partial charge in [0.05, 0.1) is 7.11 Å². The monoisotopic (exact) mass is 202 g/mol. The van der Waals surface area contributed by atoms with Crippen LogP contribution in [0, 0.1) is 0 Å². The Morgan fingerprint density at radius 2 is 1.93 bits per heavy atom. The quantitative estimate of drug-likeness (QED) is 0.485. The normalized spacial score (nSPS) is 11.9. The molecule has 0 aromatic heterocycles. The average Bonchev–Trinajstić information content (AvgIpc) is 2.15. The summed E-state index contributed by atoms with van der Waals surface area (Å²) in [6, 6.07) is 0. The Bertz CT molecular complexity index is 189. The van der Waals surface area contributed by atoms with E-state index in [1.54, 1.807) is 0 Å². The molecule has 0 amide bonds. The van der Waals surface area contributed by atoms with E-state index in [2.05, 4.69) is 11.7 Å². The van der Waals surface area contributed by atoms with Gasteiger partial charge in [0.1, 0.15) is 0 Å². The number of methoxy groups -OCH3 is 1. The van der Waals surface area contributed by atoms with Crippen LogP contribution in [-0.2, 0) is 19.1 Å². The summed E-state index contributed by atoms with van der Waals surface area (Å²) in [5, 5.41) is 0. The van der Waals surface area contributed by atoms with Crippen LogP contribution >= 0.6 is 0 Å². The molecule has 1 atom stereocenters. The molecule has 0 aromatic carbocycles. The minimum absolute atomic E-state index is 0.447. The molecule has 82 valence electrons. The van der Waals surface area contributed by atoms with Crippen molar-refractivity contribution in [3.05, 3.63) is 0 Å². The molecule has 0 aliphatic rings. The van der Waals surface area contributed by atoms with Crippen LogP contribution in [-0.4, -0.2) is 25.2 Å². The molecule has 0 radical (unpaired) electrons. The highest BCUT2D eigenvalue weighted by molar-refractivity contribution is 5.78. The maximum absolute atomic E-state index is 11.1. The smallest absolute Gasteiger partial charge is 0.347 e. The topological polar surface area (TPSA) is 52.6 Å². The molecule has 0 spiro atoms. The fourth-order valence-corrected chi connectivity index (χ4v) is 1.14. The van der Waals surface area contributed by atoms with Crippen molar-refractivity contribution in [3.63, 3.8) is 0 Å². The van der Waals surface area contributed by atoms with Gasteiger partial charge in [0, 0.05) is 6.92 Å². The highest BCUT2D eigenvalue weighted by Gasteiger charge is 2.21. The standard InChI is InChI=1S/C10H18O4/c1-4-5-6-7-9(10(12)13-3)14-8(2)11/h9H,4-7H2,1-3H3. The fraction of sp³-hybridized carbons (Fsp3) is 0.800. The van der Waals surface area contributed by atoms with Crippen molar-refractivity contribution < 1.29 is 19.1 Å². The zero-order valence-electron chi connectivity index (χ0n) is 9.04. The number of carbonyl (C=O) groups is 2. The van der Waals surface area contributed by atoms with Gasteiger partial charge in [-0.15, -0.1) is 0 Å². The molecule has 1 unspecified atom stereocenters. The third-order valence-corrected chi connectivity index (χ3v) is 1.84. The first-order valence-electron chi connectivity index (χ1n) is 4.86. The zero-order chi connectivity index (χ0) is 11.0. The molecule has 0 bridgehead atoms. The Labute approximate surface area is 84.6 Å². The van der Waals surface area contributed by atoms with E-state index in [1.165, 1.54) is 14.0 Å². The summed E-state index contributed by atoms with van der Waals surface area (Å²) in [5.74, 6) is -0.923. The van der Waals surface area contributed by atoms with Gasteiger partial charge in [-0.1, -0.05) is 19.8 Å². The molecule has 4 nitrogen and oxygen atoms in total. The van der Waals surface area contributed by atoms with Crippen molar-refractivity contribution in [1.82, 2.24) is 0 Å².